The quantitative estimate of drug-likeness (QED) is 0.910. The molecule has 1 N–H and O–H groups in total. The molecule has 0 radical (unpaired) electrons. The Labute approximate surface area is 123 Å². The smallest absolute Gasteiger partial charge is 0.435 e. The van der Waals surface area contributed by atoms with Crippen LogP contribution in [0.4, 0.5) is 15.3 Å². The number of ether oxygens (including phenoxy) is 1. The summed E-state index contributed by atoms with van der Waals surface area (Å²) in [5, 5.41) is 2.91. The molecule has 0 bridgehead atoms. The molecular weight excluding hydrogens is 270 g/mol. The van der Waals surface area contributed by atoms with E-state index in [0.717, 1.165) is 0 Å². The van der Waals surface area contributed by atoms with Gasteiger partial charge in [-0.25, -0.2) is 14.5 Å². The molecular formula is C15H19N3O3. The summed E-state index contributed by atoms with van der Waals surface area (Å²) in [4.78, 5) is 29.3. The number of carbonyl (C=O) groups is 2. The first-order valence-corrected chi connectivity index (χ1v) is 6.74. The van der Waals surface area contributed by atoms with E-state index in [1.54, 1.807) is 12.1 Å². The summed E-state index contributed by atoms with van der Waals surface area (Å²) in [7, 11) is 1.26. The second kappa shape index (κ2) is 5.55. The number of hydrogen-bond acceptors (Lipinski definition) is 3. The highest BCUT2D eigenvalue weighted by molar-refractivity contribution is 6.27. The molecule has 1 aliphatic rings. The number of nitrogens with one attached hydrogen (secondary N) is 1. The van der Waals surface area contributed by atoms with Gasteiger partial charge in [0.25, 0.3) is 0 Å². The fourth-order valence-corrected chi connectivity index (χ4v) is 2.18. The number of carbonyl (C=O) groups excluding carboxylic acids is 2. The Morgan fingerprint density at radius 2 is 1.95 bits per heavy atom. The SMILES string of the molecule is COC(=O)/N=C1/N(c2ccccc2)C(=O)NC1(C)C(C)C. The van der Waals surface area contributed by atoms with Crippen LogP contribution in [0.3, 0.4) is 0 Å². The first kappa shape index (κ1) is 15.0. The van der Waals surface area contributed by atoms with E-state index in [1.807, 2.05) is 39.0 Å². The van der Waals surface area contributed by atoms with Crippen LogP contribution in [0, 0.1) is 5.92 Å². The normalized spacial score (nSPS) is 23.6. The lowest BCUT2D eigenvalue weighted by atomic mass is 9.88. The van der Waals surface area contributed by atoms with Gasteiger partial charge in [-0.3, -0.25) is 0 Å². The summed E-state index contributed by atoms with van der Waals surface area (Å²) in [5.41, 5.74) is -0.0803. The van der Waals surface area contributed by atoms with Crippen LogP contribution in [0.15, 0.2) is 35.3 Å². The van der Waals surface area contributed by atoms with Crippen LogP contribution in [0.2, 0.25) is 0 Å². The van der Waals surface area contributed by atoms with E-state index in [-0.39, 0.29) is 11.9 Å². The van der Waals surface area contributed by atoms with Crippen molar-refractivity contribution in [2.24, 2.45) is 10.9 Å². The summed E-state index contributed by atoms with van der Waals surface area (Å²) < 4.78 is 4.61. The Morgan fingerprint density at radius 1 is 1.33 bits per heavy atom. The lowest BCUT2D eigenvalue weighted by Crippen LogP contribution is -2.49. The molecule has 1 aliphatic heterocycles. The van der Waals surface area contributed by atoms with Crippen molar-refractivity contribution in [3.05, 3.63) is 30.3 Å². The molecule has 0 spiro atoms. The minimum absolute atomic E-state index is 0.0542. The fraction of sp³-hybridized carbons (Fsp3) is 0.400. The summed E-state index contributed by atoms with van der Waals surface area (Å²) in [6, 6.07) is 8.78. The second-order valence-electron chi connectivity index (χ2n) is 5.36. The van der Waals surface area contributed by atoms with Gasteiger partial charge in [0.1, 0.15) is 5.54 Å². The highest BCUT2D eigenvalue weighted by Crippen LogP contribution is 2.30. The highest BCUT2D eigenvalue weighted by atomic mass is 16.5. The first-order valence-electron chi connectivity index (χ1n) is 6.74. The maximum Gasteiger partial charge on any atom is 0.435 e. The van der Waals surface area contributed by atoms with E-state index in [1.165, 1.54) is 12.0 Å². The van der Waals surface area contributed by atoms with Crippen molar-refractivity contribution in [1.29, 1.82) is 0 Å². The number of methoxy groups -OCH3 is 1. The molecule has 1 aromatic rings. The Hall–Kier alpha value is -2.37. The number of benzene rings is 1. The predicted octanol–water partition coefficient (Wildman–Crippen LogP) is 2.80. The van der Waals surface area contributed by atoms with Crippen molar-refractivity contribution in [2.45, 2.75) is 26.3 Å². The van der Waals surface area contributed by atoms with Crippen molar-refractivity contribution in [3.63, 3.8) is 0 Å². The van der Waals surface area contributed by atoms with E-state index in [0.29, 0.717) is 11.5 Å². The van der Waals surface area contributed by atoms with Crippen LogP contribution in [-0.2, 0) is 4.74 Å². The molecule has 1 saturated heterocycles. The van der Waals surface area contributed by atoms with Crippen molar-refractivity contribution < 1.29 is 14.3 Å². The van der Waals surface area contributed by atoms with Gasteiger partial charge in [0, 0.05) is 0 Å². The van der Waals surface area contributed by atoms with Crippen LogP contribution in [0.1, 0.15) is 20.8 Å². The van der Waals surface area contributed by atoms with Gasteiger partial charge in [-0.2, -0.15) is 4.99 Å². The van der Waals surface area contributed by atoms with Gasteiger partial charge < -0.3 is 10.1 Å². The molecule has 0 aromatic heterocycles. The Kier molecular flexibility index (Phi) is 3.97. The zero-order valence-corrected chi connectivity index (χ0v) is 12.6. The minimum Gasteiger partial charge on any atom is -0.451 e. The molecule has 21 heavy (non-hydrogen) atoms. The van der Waals surface area contributed by atoms with Gasteiger partial charge in [0.15, 0.2) is 5.84 Å². The van der Waals surface area contributed by atoms with Gasteiger partial charge in [-0.15, -0.1) is 0 Å². The van der Waals surface area contributed by atoms with E-state index in [9.17, 15) is 9.59 Å². The zero-order chi connectivity index (χ0) is 15.6. The molecule has 3 amide bonds. The Morgan fingerprint density at radius 3 is 2.48 bits per heavy atom. The number of anilines is 1. The third kappa shape index (κ3) is 2.61. The van der Waals surface area contributed by atoms with Gasteiger partial charge in [0.2, 0.25) is 0 Å². The Bertz CT molecular complexity index is 583. The maximum absolute atomic E-state index is 12.4. The highest BCUT2D eigenvalue weighted by Gasteiger charge is 2.48. The number of para-hydroxylation sites is 1. The molecule has 1 fully saturated rings. The molecule has 112 valence electrons. The number of amidine groups is 1. The number of aliphatic imine (C=N–C) groups is 1. The fourth-order valence-electron chi connectivity index (χ4n) is 2.18. The van der Waals surface area contributed by atoms with Crippen LogP contribution in [0.5, 0.6) is 0 Å². The molecule has 1 heterocycles. The standard InChI is InChI=1S/C15H19N3O3/c1-10(2)15(3)12(16-14(20)21-4)18(13(19)17-15)11-8-6-5-7-9-11/h5-10H,1-4H3,(H,17,19)/b16-12+. The third-order valence-electron chi connectivity index (χ3n) is 3.79. The van der Waals surface area contributed by atoms with Crippen LogP contribution < -0.4 is 10.2 Å². The number of rotatable bonds is 2. The van der Waals surface area contributed by atoms with Crippen molar-refractivity contribution >= 4 is 23.6 Å². The van der Waals surface area contributed by atoms with E-state index < -0.39 is 11.6 Å². The number of nitrogens with zero attached hydrogens (tertiary/aromatic N) is 2. The summed E-state index contributed by atoms with van der Waals surface area (Å²) in [5.74, 6) is 0.402. The molecule has 0 aliphatic carbocycles. The topological polar surface area (TPSA) is 71.0 Å². The predicted molar refractivity (Wildman–Crippen MR) is 80.5 cm³/mol. The van der Waals surface area contributed by atoms with E-state index in [2.05, 4.69) is 15.0 Å². The van der Waals surface area contributed by atoms with E-state index in [4.69, 9.17) is 0 Å². The number of urea groups is 1. The molecule has 0 saturated carbocycles. The second-order valence-corrected chi connectivity index (χ2v) is 5.36. The molecule has 1 aromatic carbocycles. The monoisotopic (exact) mass is 289 g/mol. The van der Waals surface area contributed by atoms with Crippen molar-refractivity contribution in [2.75, 3.05) is 12.0 Å². The van der Waals surface area contributed by atoms with Crippen LogP contribution >= 0.6 is 0 Å². The largest absolute Gasteiger partial charge is 0.451 e. The molecule has 6 heteroatoms. The molecule has 6 nitrogen and oxygen atoms in total. The summed E-state index contributed by atoms with van der Waals surface area (Å²) >= 11 is 0. The molecule has 1 atom stereocenters. The Balaban J connectivity index is 2.55. The van der Waals surface area contributed by atoms with Gasteiger partial charge in [-0.05, 0) is 25.0 Å². The zero-order valence-electron chi connectivity index (χ0n) is 12.6. The van der Waals surface area contributed by atoms with Gasteiger partial charge >= 0.3 is 12.1 Å². The lowest BCUT2D eigenvalue weighted by molar-refractivity contribution is 0.182. The van der Waals surface area contributed by atoms with Gasteiger partial charge in [-0.1, -0.05) is 32.0 Å². The summed E-state index contributed by atoms with van der Waals surface area (Å²) in [6.07, 6.45) is -0.727. The molecule has 2 rings (SSSR count). The first-order chi connectivity index (χ1) is 9.90. The maximum atomic E-state index is 12.4. The summed E-state index contributed by atoms with van der Waals surface area (Å²) in [6.45, 7) is 5.77. The van der Waals surface area contributed by atoms with Crippen molar-refractivity contribution in [1.82, 2.24) is 5.32 Å². The van der Waals surface area contributed by atoms with Crippen LogP contribution in [-0.4, -0.2) is 30.6 Å². The number of hydrogen-bond donors (Lipinski definition) is 1. The van der Waals surface area contributed by atoms with Crippen molar-refractivity contribution in [3.8, 4) is 0 Å². The van der Waals surface area contributed by atoms with Crippen LogP contribution in [0.25, 0.3) is 0 Å². The average Bonchev–Trinajstić information content (AvgIpc) is 2.72. The number of amides is 3. The third-order valence-corrected chi connectivity index (χ3v) is 3.79. The van der Waals surface area contributed by atoms with E-state index >= 15 is 0 Å². The lowest BCUT2D eigenvalue weighted by Gasteiger charge is -2.29. The van der Waals surface area contributed by atoms with Gasteiger partial charge in [0.05, 0.1) is 12.8 Å². The molecule has 1 unspecified atom stereocenters. The average molecular weight is 289 g/mol. The minimum atomic E-state index is -0.735.